The van der Waals surface area contributed by atoms with Crippen molar-refractivity contribution < 1.29 is 0 Å². The smallest absolute Gasteiger partial charge is 0.0543 e. The average Bonchev–Trinajstić information content (AvgIpc) is 2.48. The molecule has 14 heavy (non-hydrogen) atoms. The summed E-state index contributed by atoms with van der Waals surface area (Å²) in [6.07, 6.45) is 3.11. The average molecular weight is 191 g/mol. The number of pyridine rings is 1. The van der Waals surface area contributed by atoms with Gasteiger partial charge in [0.1, 0.15) is 0 Å². The van der Waals surface area contributed by atoms with Gasteiger partial charge in [-0.15, -0.1) is 0 Å². The van der Waals surface area contributed by atoms with Crippen molar-refractivity contribution in [3.63, 3.8) is 0 Å². The fourth-order valence-corrected chi connectivity index (χ4v) is 1.78. The van der Waals surface area contributed by atoms with E-state index in [-0.39, 0.29) is 0 Å². The molecule has 2 rings (SSSR count). The van der Waals surface area contributed by atoms with Crippen LogP contribution in [0.3, 0.4) is 0 Å². The van der Waals surface area contributed by atoms with E-state index in [0.717, 1.165) is 26.2 Å². The van der Waals surface area contributed by atoms with Crippen molar-refractivity contribution in [3.05, 3.63) is 30.1 Å². The van der Waals surface area contributed by atoms with E-state index in [1.807, 2.05) is 12.3 Å². The Balaban J connectivity index is 1.90. The molecule has 3 heteroatoms. The summed E-state index contributed by atoms with van der Waals surface area (Å²) in [5, 5.41) is 3.40. The molecule has 1 aliphatic heterocycles. The van der Waals surface area contributed by atoms with Gasteiger partial charge in [0.2, 0.25) is 0 Å². The second-order valence-electron chi connectivity index (χ2n) is 3.70. The Morgan fingerprint density at radius 2 is 2.29 bits per heavy atom. The first kappa shape index (κ1) is 9.62. The topological polar surface area (TPSA) is 28.2 Å². The Morgan fingerprint density at radius 3 is 3.14 bits per heavy atom. The molecule has 1 saturated heterocycles. The fourth-order valence-electron chi connectivity index (χ4n) is 1.78. The summed E-state index contributed by atoms with van der Waals surface area (Å²) in [4.78, 5) is 6.80. The van der Waals surface area contributed by atoms with Crippen molar-refractivity contribution in [2.24, 2.45) is 0 Å². The molecular formula is C11H17N3. The number of aromatic nitrogens is 1. The quantitative estimate of drug-likeness (QED) is 0.752. The van der Waals surface area contributed by atoms with Gasteiger partial charge in [0.15, 0.2) is 0 Å². The molecular weight excluding hydrogens is 174 g/mol. The molecule has 0 spiro atoms. The van der Waals surface area contributed by atoms with Gasteiger partial charge in [-0.1, -0.05) is 6.07 Å². The molecule has 0 amide bonds. The molecule has 0 atom stereocenters. The maximum atomic E-state index is 4.34. The highest BCUT2D eigenvalue weighted by Gasteiger charge is 2.08. The zero-order valence-corrected chi connectivity index (χ0v) is 8.45. The van der Waals surface area contributed by atoms with E-state index < -0.39 is 0 Å². The van der Waals surface area contributed by atoms with E-state index in [2.05, 4.69) is 27.3 Å². The first-order chi connectivity index (χ1) is 6.95. The lowest BCUT2D eigenvalue weighted by atomic mass is 10.3. The van der Waals surface area contributed by atoms with Crippen LogP contribution in [0.5, 0.6) is 0 Å². The minimum Gasteiger partial charge on any atom is -0.315 e. The predicted octanol–water partition coefficient (Wildman–Crippen LogP) is 0.877. The van der Waals surface area contributed by atoms with Gasteiger partial charge >= 0.3 is 0 Å². The zero-order valence-electron chi connectivity index (χ0n) is 8.45. The second-order valence-corrected chi connectivity index (χ2v) is 3.70. The minimum atomic E-state index is 0.989. The summed E-state index contributed by atoms with van der Waals surface area (Å²) in [5.74, 6) is 0. The number of nitrogens with one attached hydrogen (secondary N) is 1. The number of hydrogen-bond acceptors (Lipinski definition) is 3. The molecule has 3 nitrogen and oxygen atoms in total. The fraction of sp³-hybridized carbons (Fsp3) is 0.545. The SMILES string of the molecule is c1ccc(CN2CCCNCC2)nc1. The highest BCUT2D eigenvalue weighted by molar-refractivity contribution is 5.03. The van der Waals surface area contributed by atoms with Crippen LogP contribution in [-0.2, 0) is 6.54 Å². The molecule has 0 unspecified atom stereocenters. The summed E-state index contributed by atoms with van der Waals surface area (Å²) < 4.78 is 0. The maximum absolute atomic E-state index is 4.34. The Labute approximate surface area is 85.1 Å². The van der Waals surface area contributed by atoms with E-state index in [0.29, 0.717) is 0 Å². The minimum absolute atomic E-state index is 0.989. The van der Waals surface area contributed by atoms with Gasteiger partial charge in [0.05, 0.1) is 5.69 Å². The van der Waals surface area contributed by atoms with Crippen molar-refractivity contribution in [2.75, 3.05) is 26.2 Å². The van der Waals surface area contributed by atoms with Crippen molar-refractivity contribution in [1.82, 2.24) is 15.2 Å². The van der Waals surface area contributed by atoms with Gasteiger partial charge in [0, 0.05) is 25.8 Å². The van der Waals surface area contributed by atoms with Crippen LogP contribution >= 0.6 is 0 Å². The molecule has 1 N–H and O–H groups in total. The lowest BCUT2D eigenvalue weighted by Gasteiger charge is -2.18. The number of nitrogens with zero attached hydrogens (tertiary/aromatic N) is 2. The first-order valence-corrected chi connectivity index (χ1v) is 5.28. The van der Waals surface area contributed by atoms with Crippen LogP contribution < -0.4 is 5.32 Å². The predicted molar refractivity (Wildman–Crippen MR) is 57.0 cm³/mol. The molecule has 1 aromatic heterocycles. The maximum Gasteiger partial charge on any atom is 0.0543 e. The van der Waals surface area contributed by atoms with Crippen molar-refractivity contribution in [2.45, 2.75) is 13.0 Å². The summed E-state index contributed by atoms with van der Waals surface area (Å²) in [7, 11) is 0. The van der Waals surface area contributed by atoms with E-state index in [4.69, 9.17) is 0 Å². The van der Waals surface area contributed by atoms with E-state index in [1.54, 1.807) is 0 Å². The highest BCUT2D eigenvalue weighted by atomic mass is 15.2. The summed E-state index contributed by atoms with van der Waals surface area (Å²) in [6.45, 7) is 5.56. The lowest BCUT2D eigenvalue weighted by molar-refractivity contribution is 0.281. The molecule has 0 aliphatic carbocycles. The van der Waals surface area contributed by atoms with Gasteiger partial charge < -0.3 is 5.32 Å². The molecule has 0 saturated carbocycles. The van der Waals surface area contributed by atoms with Crippen LogP contribution in [0.25, 0.3) is 0 Å². The van der Waals surface area contributed by atoms with E-state index >= 15 is 0 Å². The molecule has 1 aliphatic rings. The molecule has 1 aromatic rings. The largest absolute Gasteiger partial charge is 0.315 e. The summed E-state index contributed by atoms with van der Waals surface area (Å²) in [6, 6.07) is 6.12. The van der Waals surface area contributed by atoms with Gasteiger partial charge in [-0.2, -0.15) is 0 Å². The van der Waals surface area contributed by atoms with Crippen LogP contribution in [0.15, 0.2) is 24.4 Å². The zero-order chi connectivity index (χ0) is 9.64. The molecule has 0 bridgehead atoms. The third-order valence-electron chi connectivity index (χ3n) is 2.54. The van der Waals surface area contributed by atoms with Crippen LogP contribution in [0.4, 0.5) is 0 Å². The number of rotatable bonds is 2. The van der Waals surface area contributed by atoms with E-state index in [1.165, 1.54) is 18.7 Å². The molecule has 2 heterocycles. The molecule has 1 fully saturated rings. The van der Waals surface area contributed by atoms with Crippen molar-refractivity contribution >= 4 is 0 Å². The summed E-state index contributed by atoms with van der Waals surface area (Å²) >= 11 is 0. The molecule has 76 valence electrons. The number of hydrogen-bond donors (Lipinski definition) is 1. The second kappa shape index (κ2) is 5.08. The van der Waals surface area contributed by atoms with Crippen LogP contribution in [0.2, 0.25) is 0 Å². The van der Waals surface area contributed by atoms with Gasteiger partial charge in [-0.25, -0.2) is 0 Å². The van der Waals surface area contributed by atoms with Crippen LogP contribution in [-0.4, -0.2) is 36.1 Å². The molecule has 0 aromatic carbocycles. The van der Waals surface area contributed by atoms with Gasteiger partial charge in [0.25, 0.3) is 0 Å². The Kier molecular flexibility index (Phi) is 3.49. The van der Waals surface area contributed by atoms with E-state index in [9.17, 15) is 0 Å². The third-order valence-corrected chi connectivity index (χ3v) is 2.54. The Hall–Kier alpha value is -0.930. The van der Waals surface area contributed by atoms with Crippen LogP contribution in [0, 0.1) is 0 Å². The van der Waals surface area contributed by atoms with Gasteiger partial charge in [-0.3, -0.25) is 9.88 Å². The monoisotopic (exact) mass is 191 g/mol. The Morgan fingerprint density at radius 1 is 1.29 bits per heavy atom. The molecule has 0 radical (unpaired) electrons. The first-order valence-electron chi connectivity index (χ1n) is 5.28. The lowest BCUT2D eigenvalue weighted by Crippen LogP contribution is -2.27. The normalized spacial score (nSPS) is 19.1. The summed E-state index contributed by atoms with van der Waals surface area (Å²) in [5.41, 5.74) is 1.18. The van der Waals surface area contributed by atoms with Crippen LogP contribution in [0.1, 0.15) is 12.1 Å². The Bertz CT molecular complexity index is 252. The third kappa shape index (κ3) is 2.79. The van der Waals surface area contributed by atoms with Gasteiger partial charge in [-0.05, 0) is 31.6 Å². The van der Waals surface area contributed by atoms with Crippen molar-refractivity contribution in [1.29, 1.82) is 0 Å². The van der Waals surface area contributed by atoms with Crippen molar-refractivity contribution in [3.8, 4) is 0 Å². The standard InChI is InChI=1S/C11H17N3/c1-2-6-13-11(4-1)10-14-8-3-5-12-7-9-14/h1-2,4,6,12H,3,5,7-10H2. The highest BCUT2D eigenvalue weighted by Crippen LogP contribution is 2.02.